The molecule has 3 N–H and O–H groups in total. The van der Waals surface area contributed by atoms with Gasteiger partial charge in [-0.2, -0.15) is 0 Å². The Balaban J connectivity index is 0.000000299. The highest BCUT2D eigenvalue weighted by Crippen LogP contribution is 2.24. The molecule has 2 aromatic carbocycles. The Bertz CT molecular complexity index is 1360. The molecular formula is C28H36N4O5S. The van der Waals surface area contributed by atoms with E-state index < -0.39 is 16.1 Å². The number of carbonyl (C=O) groups excluding carboxylic acids is 2. The molecule has 0 radical (unpaired) electrons. The number of aromatic amines is 1. The summed E-state index contributed by atoms with van der Waals surface area (Å²) in [7, 11) is -3.94. The average molecular weight is 541 g/mol. The first kappa shape index (κ1) is 29.0. The lowest BCUT2D eigenvalue weighted by atomic mass is 9.87. The van der Waals surface area contributed by atoms with Crippen LogP contribution in [0.2, 0.25) is 0 Å². The summed E-state index contributed by atoms with van der Waals surface area (Å²) in [4.78, 5) is 40.9. The van der Waals surface area contributed by atoms with E-state index in [2.05, 4.69) is 33.9 Å². The predicted octanol–water partition coefficient (Wildman–Crippen LogP) is 4.65. The van der Waals surface area contributed by atoms with Gasteiger partial charge in [-0.3, -0.25) is 4.79 Å². The Hall–Kier alpha value is -3.53. The van der Waals surface area contributed by atoms with Gasteiger partial charge in [-0.05, 0) is 67.9 Å². The van der Waals surface area contributed by atoms with Gasteiger partial charge in [-0.15, -0.1) is 0 Å². The van der Waals surface area contributed by atoms with Crippen molar-refractivity contribution in [1.29, 1.82) is 0 Å². The summed E-state index contributed by atoms with van der Waals surface area (Å²) in [5.41, 5.74) is 1.44. The van der Waals surface area contributed by atoms with Crippen molar-refractivity contribution in [3.05, 3.63) is 70.8 Å². The lowest BCUT2D eigenvalue weighted by Crippen LogP contribution is -2.45. The van der Waals surface area contributed by atoms with Gasteiger partial charge in [-0.25, -0.2) is 22.9 Å². The van der Waals surface area contributed by atoms with E-state index in [1.807, 2.05) is 18.2 Å². The Morgan fingerprint density at radius 2 is 1.79 bits per heavy atom. The normalized spacial score (nSPS) is 18.1. The summed E-state index contributed by atoms with van der Waals surface area (Å²) < 4.78 is 26.9. The van der Waals surface area contributed by atoms with Crippen molar-refractivity contribution in [3.63, 3.8) is 0 Å². The zero-order chi connectivity index (χ0) is 27.5. The highest BCUT2D eigenvalue weighted by atomic mass is 32.2. The maximum Gasteiger partial charge on any atom is 0.328 e. The van der Waals surface area contributed by atoms with E-state index in [1.54, 1.807) is 18.2 Å². The predicted molar refractivity (Wildman–Crippen MR) is 147 cm³/mol. The Morgan fingerprint density at radius 1 is 1.11 bits per heavy atom. The minimum Gasteiger partial charge on any atom is -0.335 e. The molecule has 1 aromatic heterocycles. The number of hydrogen-bond acceptors (Lipinski definition) is 6. The molecule has 2 amide bonds. The molecule has 0 spiro atoms. The number of aromatic nitrogens is 2. The smallest absolute Gasteiger partial charge is 0.328 e. The van der Waals surface area contributed by atoms with Gasteiger partial charge in [0.2, 0.25) is 0 Å². The van der Waals surface area contributed by atoms with Crippen LogP contribution in [0, 0.1) is 5.92 Å². The zero-order valence-electron chi connectivity index (χ0n) is 21.9. The van der Waals surface area contributed by atoms with E-state index in [9.17, 15) is 22.8 Å². The van der Waals surface area contributed by atoms with Crippen molar-refractivity contribution >= 4 is 33.2 Å². The third-order valence-electron chi connectivity index (χ3n) is 6.78. The number of urea groups is 1. The van der Waals surface area contributed by atoms with Gasteiger partial charge in [0.1, 0.15) is 6.29 Å². The standard InChI is InChI=1S/C20H30N2O4S.C8H6N2O/c1-3-4-5-17(14-23)16-8-12-19(13-9-16)27(25,26)22-20(24)21-18-10-6-15(2)7-11-18;11-8-6-3-1-2-4-7(6)9-5-10-8/h8-9,12-15,17-18H,3-7,10-11H2,1-2H3,(H2,21,22,24);1-5H,(H,9,10,11). The number of nitrogens with zero attached hydrogens (tertiary/aromatic N) is 1. The highest BCUT2D eigenvalue weighted by molar-refractivity contribution is 7.90. The van der Waals surface area contributed by atoms with E-state index in [0.717, 1.165) is 62.3 Å². The molecule has 4 rings (SSSR count). The molecule has 38 heavy (non-hydrogen) atoms. The number of para-hydroxylation sites is 1. The van der Waals surface area contributed by atoms with Gasteiger partial charge in [0.05, 0.1) is 22.1 Å². The van der Waals surface area contributed by atoms with E-state index in [1.165, 1.54) is 18.5 Å². The fraction of sp³-hybridized carbons (Fsp3) is 0.429. The van der Waals surface area contributed by atoms with Crippen LogP contribution in [0.3, 0.4) is 0 Å². The van der Waals surface area contributed by atoms with Crippen molar-refractivity contribution in [2.45, 2.75) is 75.6 Å². The molecular weight excluding hydrogens is 504 g/mol. The van der Waals surface area contributed by atoms with Crippen molar-refractivity contribution < 1.29 is 18.0 Å². The molecule has 0 bridgehead atoms. The lowest BCUT2D eigenvalue weighted by molar-refractivity contribution is -0.109. The van der Waals surface area contributed by atoms with Crippen LogP contribution in [0.1, 0.15) is 70.3 Å². The number of H-pyrrole nitrogens is 1. The summed E-state index contributed by atoms with van der Waals surface area (Å²) in [6.45, 7) is 4.24. The summed E-state index contributed by atoms with van der Waals surface area (Å²) in [6.07, 6.45) is 8.79. The van der Waals surface area contributed by atoms with Gasteiger partial charge in [0.15, 0.2) is 0 Å². The Labute approximate surface area is 223 Å². The van der Waals surface area contributed by atoms with Crippen LogP contribution in [0.25, 0.3) is 10.9 Å². The summed E-state index contributed by atoms with van der Waals surface area (Å²) in [5, 5.41) is 3.39. The van der Waals surface area contributed by atoms with Crippen molar-refractivity contribution in [3.8, 4) is 0 Å². The fourth-order valence-electron chi connectivity index (χ4n) is 4.45. The molecule has 10 heteroatoms. The number of aldehydes is 1. The fourth-order valence-corrected chi connectivity index (χ4v) is 5.36. The maximum atomic E-state index is 12.4. The van der Waals surface area contributed by atoms with E-state index >= 15 is 0 Å². The Morgan fingerprint density at radius 3 is 2.42 bits per heavy atom. The van der Waals surface area contributed by atoms with Crippen LogP contribution in [0.5, 0.6) is 0 Å². The van der Waals surface area contributed by atoms with Crippen LogP contribution in [0.4, 0.5) is 4.79 Å². The quantitative estimate of drug-likeness (QED) is 0.356. The SMILES string of the molecule is CCCCC(C=O)c1ccc(S(=O)(=O)NC(=O)NC2CCC(C)CC2)cc1.O=c1[nH]cnc2ccccc12. The first-order valence-electron chi connectivity index (χ1n) is 13.0. The van der Waals surface area contributed by atoms with Crippen LogP contribution in [0.15, 0.2) is 64.5 Å². The molecule has 1 atom stereocenters. The molecule has 204 valence electrons. The van der Waals surface area contributed by atoms with Gasteiger partial charge in [0.25, 0.3) is 15.6 Å². The van der Waals surface area contributed by atoms with Gasteiger partial charge < -0.3 is 15.1 Å². The summed E-state index contributed by atoms with van der Waals surface area (Å²) >= 11 is 0. The molecule has 1 saturated carbocycles. The molecule has 1 fully saturated rings. The largest absolute Gasteiger partial charge is 0.335 e. The third kappa shape index (κ3) is 8.24. The van der Waals surface area contributed by atoms with Crippen LogP contribution in [-0.2, 0) is 14.8 Å². The second kappa shape index (κ2) is 13.9. The van der Waals surface area contributed by atoms with Crippen molar-refractivity contribution in [2.75, 3.05) is 0 Å². The number of unbranched alkanes of at least 4 members (excludes halogenated alkanes) is 1. The van der Waals surface area contributed by atoms with Crippen molar-refractivity contribution in [1.82, 2.24) is 20.0 Å². The molecule has 3 aromatic rings. The number of hydrogen-bond donors (Lipinski definition) is 3. The number of carbonyl (C=O) groups is 2. The number of fused-ring (bicyclic) bond motifs is 1. The van der Waals surface area contributed by atoms with Crippen LogP contribution >= 0.6 is 0 Å². The number of sulfonamides is 1. The summed E-state index contributed by atoms with van der Waals surface area (Å²) in [5.74, 6) is 0.424. The molecule has 0 aliphatic heterocycles. The van der Waals surface area contributed by atoms with E-state index in [4.69, 9.17) is 0 Å². The minimum absolute atomic E-state index is 0.0128. The van der Waals surface area contributed by atoms with Crippen LogP contribution in [-0.4, -0.2) is 36.7 Å². The average Bonchev–Trinajstić information content (AvgIpc) is 2.91. The van der Waals surface area contributed by atoms with E-state index in [-0.39, 0.29) is 22.4 Å². The first-order valence-corrected chi connectivity index (χ1v) is 14.5. The molecule has 1 heterocycles. The number of benzene rings is 2. The van der Waals surface area contributed by atoms with Gasteiger partial charge in [0, 0.05) is 12.0 Å². The number of nitrogens with one attached hydrogen (secondary N) is 3. The zero-order valence-corrected chi connectivity index (χ0v) is 22.7. The number of rotatable bonds is 8. The monoisotopic (exact) mass is 540 g/mol. The maximum absolute atomic E-state index is 12.4. The number of amides is 2. The second-order valence-corrected chi connectivity index (χ2v) is 11.4. The molecule has 0 saturated heterocycles. The minimum atomic E-state index is -3.94. The van der Waals surface area contributed by atoms with Gasteiger partial charge in [-0.1, -0.05) is 51.0 Å². The summed E-state index contributed by atoms with van der Waals surface area (Å²) in [6, 6.07) is 12.7. The van der Waals surface area contributed by atoms with Crippen molar-refractivity contribution in [2.24, 2.45) is 5.92 Å². The topological polar surface area (TPSA) is 138 Å². The molecule has 9 nitrogen and oxygen atoms in total. The van der Waals surface area contributed by atoms with Crippen LogP contribution < -0.4 is 15.6 Å². The van der Waals surface area contributed by atoms with Gasteiger partial charge >= 0.3 is 6.03 Å². The van der Waals surface area contributed by atoms with E-state index in [0.29, 0.717) is 11.3 Å². The Kier molecular flexibility index (Phi) is 10.6. The highest BCUT2D eigenvalue weighted by Gasteiger charge is 2.23. The lowest BCUT2D eigenvalue weighted by Gasteiger charge is -2.26. The molecule has 1 aliphatic carbocycles. The molecule has 1 aliphatic rings. The second-order valence-electron chi connectivity index (χ2n) is 9.74. The third-order valence-corrected chi connectivity index (χ3v) is 8.12. The molecule has 1 unspecified atom stereocenters. The first-order chi connectivity index (χ1) is 18.2.